The fourth-order valence-corrected chi connectivity index (χ4v) is 3.33. The summed E-state index contributed by atoms with van der Waals surface area (Å²) in [5.41, 5.74) is 4.32. The second-order valence-electron chi connectivity index (χ2n) is 7.74. The van der Waals surface area contributed by atoms with E-state index in [9.17, 15) is 15.0 Å². The summed E-state index contributed by atoms with van der Waals surface area (Å²) in [4.78, 5) is 16.0. The van der Waals surface area contributed by atoms with Crippen molar-refractivity contribution in [3.63, 3.8) is 0 Å². The van der Waals surface area contributed by atoms with Gasteiger partial charge in [0.15, 0.2) is 5.60 Å². The van der Waals surface area contributed by atoms with Crippen LogP contribution in [0.2, 0.25) is 0 Å². The highest BCUT2D eigenvalue weighted by Gasteiger charge is 2.43. The minimum absolute atomic E-state index is 0.159. The number of carboxylic acid groups (broad SMARTS) is 1. The highest BCUT2D eigenvalue weighted by Crippen LogP contribution is 2.27. The van der Waals surface area contributed by atoms with Crippen LogP contribution in [-0.2, 0) is 11.2 Å². The minimum Gasteiger partial charge on any atom is -0.479 e. The number of pyridine rings is 1. The van der Waals surface area contributed by atoms with Gasteiger partial charge in [0.2, 0.25) is 0 Å². The van der Waals surface area contributed by atoms with Gasteiger partial charge in [0.1, 0.15) is 11.5 Å². The van der Waals surface area contributed by atoms with Crippen LogP contribution >= 0.6 is 0 Å². The number of aromatic nitrogens is 1. The summed E-state index contributed by atoms with van der Waals surface area (Å²) in [6.45, 7) is 3.86. The van der Waals surface area contributed by atoms with Crippen molar-refractivity contribution >= 4 is 16.7 Å². The molecule has 0 radical (unpaired) electrons. The fraction of sp³-hybridized carbons (Fsp3) is 0.304. The average molecular weight is 394 g/mol. The van der Waals surface area contributed by atoms with Gasteiger partial charge in [-0.1, -0.05) is 44.2 Å². The van der Waals surface area contributed by atoms with Gasteiger partial charge < -0.3 is 20.7 Å². The minimum atomic E-state index is -2.10. The van der Waals surface area contributed by atoms with Gasteiger partial charge in [0.05, 0.1) is 0 Å². The summed E-state index contributed by atoms with van der Waals surface area (Å²) in [6, 6.07) is 16.1. The standard InChI is InChI=1S/C23H26N2O4/c1-15(2)11-21(24)23(28,22(26)27)14-18-13-20(9-10-25-18)29-19-8-7-16-5-3-4-6-17(16)12-19/h3-10,12-13,15,21,28H,11,14,24H2,1-2H3,(H,26,27)/t21-,23?/m0/s1. The molecule has 3 aromatic rings. The molecular formula is C23H26N2O4. The number of nitrogens with two attached hydrogens (primary N) is 1. The van der Waals surface area contributed by atoms with Crippen molar-refractivity contribution in [1.29, 1.82) is 0 Å². The Balaban J connectivity index is 1.81. The van der Waals surface area contributed by atoms with Crippen molar-refractivity contribution in [2.75, 3.05) is 0 Å². The van der Waals surface area contributed by atoms with Gasteiger partial charge in [-0.25, -0.2) is 4.79 Å². The highest BCUT2D eigenvalue weighted by molar-refractivity contribution is 5.83. The van der Waals surface area contributed by atoms with E-state index in [0.717, 1.165) is 10.8 Å². The number of aliphatic carboxylic acids is 1. The summed E-state index contributed by atoms with van der Waals surface area (Å²) >= 11 is 0. The number of fused-ring (bicyclic) bond motifs is 1. The molecule has 3 rings (SSSR count). The number of rotatable bonds is 8. The topological polar surface area (TPSA) is 106 Å². The van der Waals surface area contributed by atoms with E-state index < -0.39 is 17.6 Å². The number of ether oxygens (including phenoxy) is 1. The first-order valence-electron chi connectivity index (χ1n) is 9.61. The first kappa shape index (κ1) is 20.8. The van der Waals surface area contributed by atoms with Crippen LogP contribution in [0.4, 0.5) is 0 Å². The Morgan fingerprint density at radius 3 is 2.48 bits per heavy atom. The van der Waals surface area contributed by atoms with Crippen molar-refractivity contribution in [3.8, 4) is 11.5 Å². The van der Waals surface area contributed by atoms with E-state index in [1.165, 1.54) is 6.20 Å². The zero-order valence-corrected chi connectivity index (χ0v) is 16.6. The lowest BCUT2D eigenvalue weighted by atomic mass is 9.84. The van der Waals surface area contributed by atoms with Gasteiger partial charge in [0, 0.05) is 30.4 Å². The molecule has 0 bridgehead atoms. The third-order valence-electron chi connectivity index (χ3n) is 4.90. The maximum absolute atomic E-state index is 11.8. The number of hydrogen-bond donors (Lipinski definition) is 3. The molecule has 152 valence electrons. The van der Waals surface area contributed by atoms with Crippen molar-refractivity contribution in [2.45, 2.75) is 38.3 Å². The number of carboxylic acids is 1. The molecule has 29 heavy (non-hydrogen) atoms. The molecule has 0 spiro atoms. The number of nitrogens with zero attached hydrogens (tertiary/aromatic N) is 1. The van der Waals surface area contributed by atoms with Gasteiger partial charge in [-0.2, -0.15) is 0 Å². The van der Waals surface area contributed by atoms with E-state index >= 15 is 0 Å². The SMILES string of the molecule is CC(C)C[C@H](N)C(O)(Cc1cc(Oc2ccc3ccccc3c2)ccn1)C(=O)O. The first-order chi connectivity index (χ1) is 13.8. The van der Waals surface area contributed by atoms with E-state index in [0.29, 0.717) is 23.6 Å². The molecule has 6 nitrogen and oxygen atoms in total. The molecule has 1 unspecified atom stereocenters. The molecule has 1 aromatic heterocycles. The number of hydrogen-bond acceptors (Lipinski definition) is 5. The fourth-order valence-electron chi connectivity index (χ4n) is 3.33. The van der Waals surface area contributed by atoms with E-state index in [1.54, 1.807) is 12.1 Å². The first-order valence-corrected chi connectivity index (χ1v) is 9.61. The van der Waals surface area contributed by atoms with E-state index in [1.807, 2.05) is 56.3 Å². The van der Waals surface area contributed by atoms with Crippen molar-refractivity contribution in [2.24, 2.45) is 11.7 Å². The zero-order valence-electron chi connectivity index (χ0n) is 16.6. The molecule has 0 aliphatic rings. The van der Waals surface area contributed by atoms with Crippen LogP contribution in [0.5, 0.6) is 11.5 Å². The number of carbonyl (C=O) groups is 1. The number of aliphatic hydroxyl groups is 1. The summed E-state index contributed by atoms with van der Waals surface area (Å²) < 4.78 is 5.93. The lowest BCUT2D eigenvalue weighted by Crippen LogP contribution is -2.56. The van der Waals surface area contributed by atoms with Gasteiger partial charge in [-0.15, -0.1) is 0 Å². The van der Waals surface area contributed by atoms with Crippen LogP contribution in [0.25, 0.3) is 10.8 Å². The normalized spacial score (nSPS) is 14.5. The maximum Gasteiger partial charge on any atom is 0.337 e. The van der Waals surface area contributed by atoms with Gasteiger partial charge >= 0.3 is 5.97 Å². The molecule has 6 heteroatoms. The van der Waals surface area contributed by atoms with Crippen LogP contribution in [0.3, 0.4) is 0 Å². The summed E-state index contributed by atoms with van der Waals surface area (Å²) in [7, 11) is 0. The number of benzene rings is 2. The smallest absolute Gasteiger partial charge is 0.337 e. The Morgan fingerprint density at radius 2 is 1.79 bits per heavy atom. The third kappa shape index (κ3) is 4.91. The second kappa shape index (κ2) is 8.59. The summed E-state index contributed by atoms with van der Waals surface area (Å²) in [5, 5.41) is 22.5. The van der Waals surface area contributed by atoms with Crippen molar-refractivity contribution < 1.29 is 19.7 Å². The van der Waals surface area contributed by atoms with E-state index in [-0.39, 0.29) is 12.3 Å². The van der Waals surface area contributed by atoms with Crippen molar-refractivity contribution in [1.82, 2.24) is 4.98 Å². The molecule has 1 heterocycles. The van der Waals surface area contributed by atoms with Crippen LogP contribution < -0.4 is 10.5 Å². The largest absolute Gasteiger partial charge is 0.479 e. The Kier molecular flexibility index (Phi) is 6.15. The quantitative estimate of drug-likeness (QED) is 0.537. The molecular weight excluding hydrogens is 368 g/mol. The second-order valence-corrected chi connectivity index (χ2v) is 7.74. The Hall–Kier alpha value is -2.96. The molecule has 2 atom stereocenters. The molecule has 0 fully saturated rings. The van der Waals surface area contributed by atoms with Gasteiger partial charge in [0.25, 0.3) is 0 Å². The monoisotopic (exact) mass is 394 g/mol. The lowest BCUT2D eigenvalue weighted by Gasteiger charge is -2.30. The van der Waals surface area contributed by atoms with Crippen LogP contribution in [0.15, 0.2) is 60.8 Å². The molecule has 0 saturated heterocycles. The van der Waals surface area contributed by atoms with Crippen LogP contribution in [0, 0.1) is 5.92 Å². The van der Waals surface area contributed by atoms with Crippen LogP contribution in [-0.4, -0.2) is 32.8 Å². The summed E-state index contributed by atoms with van der Waals surface area (Å²) in [5.74, 6) is -0.0268. The Morgan fingerprint density at radius 1 is 1.10 bits per heavy atom. The maximum atomic E-state index is 11.8. The molecule has 4 N–H and O–H groups in total. The molecule has 2 aromatic carbocycles. The zero-order chi connectivity index (χ0) is 21.0. The highest BCUT2D eigenvalue weighted by atomic mass is 16.5. The predicted molar refractivity (Wildman–Crippen MR) is 112 cm³/mol. The van der Waals surface area contributed by atoms with Crippen molar-refractivity contribution in [3.05, 3.63) is 66.5 Å². The summed E-state index contributed by atoms with van der Waals surface area (Å²) in [6.07, 6.45) is 1.71. The lowest BCUT2D eigenvalue weighted by molar-refractivity contribution is -0.161. The van der Waals surface area contributed by atoms with E-state index in [2.05, 4.69) is 4.98 Å². The third-order valence-corrected chi connectivity index (χ3v) is 4.90. The Labute approximate surface area is 170 Å². The van der Waals surface area contributed by atoms with E-state index in [4.69, 9.17) is 10.5 Å². The molecule has 0 amide bonds. The molecule has 0 aliphatic heterocycles. The average Bonchev–Trinajstić information content (AvgIpc) is 2.67. The van der Waals surface area contributed by atoms with Gasteiger partial charge in [-0.05, 0) is 41.3 Å². The van der Waals surface area contributed by atoms with Gasteiger partial charge in [-0.3, -0.25) is 4.98 Å². The Bertz CT molecular complexity index is 1000. The molecule has 0 aliphatic carbocycles. The van der Waals surface area contributed by atoms with Crippen LogP contribution in [0.1, 0.15) is 26.0 Å². The molecule has 0 saturated carbocycles. The predicted octanol–water partition coefficient (Wildman–Crippen LogP) is 3.76.